The van der Waals surface area contributed by atoms with E-state index in [2.05, 4.69) is 5.32 Å². The third kappa shape index (κ3) is 6.38. The smallest absolute Gasteiger partial charge is 0.407 e. The molecule has 0 saturated carbocycles. The van der Waals surface area contributed by atoms with Crippen molar-refractivity contribution in [2.24, 2.45) is 0 Å². The van der Waals surface area contributed by atoms with Crippen LogP contribution in [0.5, 0.6) is 0 Å². The molecule has 0 heterocycles. The summed E-state index contributed by atoms with van der Waals surface area (Å²) in [6, 6.07) is 14.7. The maximum Gasteiger partial charge on any atom is 0.407 e. The molecule has 8 nitrogen and oxygen atoms in total. The Balaban J connectivity index is 1.57. The van der Waals surface area contributed by atoms with Crippen LogP contribution in [0.15, 0.2) is 48.5 Å². The molecule has 178 valence electrons. The van der Waals surface area contributed by atoms with Gasteiger partial charge in [-0.3, -0.25) is 4.57 Å². The molecular weight excluding hydrogens is 465 g/mol. The number of benzene rings is 2. The van der Waals surface area contributed by atoms with Crippen LogP contribution in [0.2, 0.25) is 0 Å². The quantitative estimate of drug-likeness (QED) is 0.400. The van der Waals surface area contributed by atoms with Crippen molar-refractivity contribution in [1.82, 2.24) is 5.32 Å². The van der Waals surface area contributed by atoms with Crippen molar-refractivity contribution < 1.29 is 33.0 Å². The number of alkyl carbamates (subject to hydrolysis) is 1. The Morgan fingerprint density at radius 3 is 2.09 bits per heavy atom. The van der Waals surface area contributed by atoms with Gasteiger partial charge in [0, 0.05) is 11.7 Å². The molecule has 0 unspecified atom stereocenters. The molecule has 2 aromatic rings. The second-order valence-corrected chi connectivity index (χ2v) is 10.8. The zero-order valence-electron chi connectivity index (χ0n) is 18.6. The molecule has 1 aliphatic rings. The summed E-state index contributed by atoms with van der Waals surface area (Å²) < 4.78 is 28.3. The van der Waals surface area contributed by atoms with E-state index in [0.29, 0.717) is 0 Å². The second-order valence-electron chi connectivity index (χ2n) is 7.31. The second kappa shape index (κ2) is 11.7. The molecule has 10 heteroatoms. The first-order chi connectivity index (χ1) is 15.9. The number of amides is 1. The van der Waals surface area contributed by atoms with Crippen LogP contribution >= 0.6 is 19.4 Å². The van der Waals surface area contributed by atoms with Gasteiger partial charge >= 0.3 is 19.7 Å². The van der Waals surface area contributed by atoms with Gasteiger partial charge < -0.3 is 24.2 Å². The van der Waals surface area contributed by atoms with E-state index in [9.17, 15) is 19.3 Å². The van der Waals surface area contributed by atoms with E-state index in [0.717, 1.165) is 34.0 Å². The highest BCUT2D eigenvalue weighted by Gasteiger charge is 2.30. The summed E-state index contributed by atoms with van der Waals surface area (Å²) in [5.41, 5.74) is 4.34. The van der Waals surface area contributed by atoms with E-state index in [1.807, 2.05) is 48.5 Å². The number of nitrogens with one attached hydrogen (secondary N) is 1. The first-order valence-electron chi connectivity index (χ1n) is 10.7. The third-order valence-electron chi connectivity index (χ3n) is 5.12. The van der Waals surface area contributed by atoms with Crippen molar-refractivity contribution in [2.75, 3.05) is 31.1 Å². The summed E-state index contributed by atoms with van der Waals surface area (Å²) >= 11 is 1.08. The molecule has 0 spiro atoms. The molecule has 1 aliphatic carbocycles. The zero-order valence-corrected chi connectivity index (χ0v) is 20.3. The minimum Gasteiger partial charge on any atom is -0.480 e. The van der Waals surface area contributed by atoms with E-state index in [1.165, 1.54) is 0 Å². The van der Waals surface area contributed by atoms with Crippen molar-refractivity contribution >= 4 is 31.4 Å². The number of aliphatic carboxylic acids is 1. The minimum atomic E-state index is -3.30. The summed E-state index contributed by atoms with van der Waals surface area (Å²) in [5, 5.41) is 11.9. The summed E-state index contributed by atoms with van der Waals surface area (Å²) in [7, 11) is -3.30. The number of carbonyl (C=O) groups excluding carboxylic acids is 1. The predicted molar refractivity (Wildman–Crippen MR) is 128 cm³/mol. The van der Waals surface area contributed by atoms with E-state index < -0.39 is 25.7 Å². The van der Waals surface area contributed by atoms with E-state index in [4.69, 9.17) is 13.8 Å². The molecule has 0 fully saturated rings. The lowest BCUT2D eigenvalue weighted by Gasteiger charge is -2.19. The third-order valence-corrected chi connectivity index (χ3v) is 8.99. The van der Waals surface area contributed by atoms with E-state index in [1.54, 1.807) is 13.8 Å². The van der Waals surface area contributed by atoms with Crippen molar-refractivity contribution in [3.05, 3.63) is 59.7 Å². The van der Waals surface area contributed by atoms with Crippen molar-refractivity contribution in [2.45, 2.75) is 25.8 Å². The van der Waals surface area contributed by atoms with Gasteiger partial charge in [-0.25, -0.2) is 9.59 Å². The highest BCUT2D eigenvalue weighted by Crippen LogP contribution is 2.50. The average Bonchev–Trinajstić information content (AvgIpc) is 3.11. The molecule has 3 rings (SSSR count). The molecule has 0 aliphatic heterocycles. The highest BCUT2D eigenvalue weighted by molar-refractivity contribution is 8.04. The van der Waals surface area contributed by atoms with Gasteiger partial charge in [0.05, 0.1) is 18.7 Å². The molecular formula is C23H28NO7PS. The fraction of sp³-hybridized carbons (Fsp3) is 0.391. The fourth-order valence-electron chi connectivity index (χ4n) is 3.74. The highest BCUT2D eigenvalue weighted by atomic mass is 32.2. The number of ether oxygens (including phenoxy) is 1. The van der Waals surface area contributed by atoms with Crippen molar-refractivity contribution in [3.63, 3.8) is 0 Å². The summed E-state index contributed by atoms with van der Waals surface area (Å²) in [6.07, 6.45) is -0.817. The summed E-state index contributed by atoms with van der Waals surface area (Å²) in [4.78, 5) is 24.0. The van der Waals surface area contributed by atoms with Crippen LogP contribution in [-0.2, 0) is 23.1 Å². The number of thioether (sulfide) groups is 1. The number of hydrogen-bond acceptors (Lipinski definition) is 7. The Morgan fingerprint density at radius 2 is 1.58 bits per heavy atom. The zero-order chi connectivity index (χ0) is 23.8. The number of hydrogen-bond donors (Lipinski definition) is 2. The van der Waals surface area contributed by atoms with Crippen LogP contribution in [0.25, 0.3) is 11.1 Å². The monoisotopic (exact) mass is 493 g/mol. The predicted octanol–water partition coefficient (Wildman–Crippen LogP) is 4.94. The molecule has 0 aromatic heterocycles. The molecule has 33 heavy (non-hydrogen) atoms. The lowest BCUT2D eigenvalue weighted by Crippen LogP contribution is -2.43. The molecule has 2 N–H and O–H groups in total. The Labute approximate surface area is 197 Å². The van der Waals surface area contributed by atoms with Gasteiger partial charge in [-0.2, -0.15) is 0 Å². The number of carbonyl (C=O) groups is 2. The van der Waals surface area contributed by atoms with Crippen LogP contribution in [-0.4, -0.2) is 54.3 Å². The Hall–Kier alpha value is -2.32. The largest absolute Gasteiger partial charge is 0.480 e. The first-order valence-corrected chi connectivity index (χ1v) is 13.6. The summed E-state index contributed by atoms with van der Waals surface area (Å²) in [6.45, 7) is 3.93. The summed E-state index contributed by atoms with van der Waals surface area (Å²) in [5.74, 6) is -1.34. The van der Waals surface area contributed by atoms with Gasteiger partial charge in [-0.15, -0.1) is 11.8 Å². The van der Waals surface area contributed by atoms with Crippen molar-refractivity contribution in [1.29, 1.82) is 0 Å². The minimum absolute atomic E-state index is 0.00910. The topological polar surface area (TPSA) is 111 Å². The van der Waals surface area contributed by atoms with Gasteiger partial charge in [-0.05, 0) is 36.1 Å². The van der Waals surface area contributed by atoms with Crippen molar-refractivity contribution in [3.8, 4) is 11.1 Å². The van der Waals surface area contributed by atoms with Gasteiger partial charge in [0.15, 0.2) is 0 Å². The van der Waals surface area contributed by atoms with E-state index in [-0.39, 0.29) is 37.0 Å². The maximum absolute atomic E-state index is 12.5. The van der Waals surface area contributed by atoms with Crippen LogP contribution in [0, 0.1) is 0 Å². The standard InChI is InChI=1S/C23H28NO7PS/c1-3-30-32(28,31-4-2)15-33-14-21(22(25)26)24-23(27)29-13-20-18-11-7-5-9-16(18)17-10-6-8-12-19(17)20/h5-12,20-21H,3-4,13-15H2,1-2H3,(H,24,27)(H,25,26)/t21-/m0/s1. The van der Waals surface area contributed by atoms with Crippen LogP contribution < -0.4 is 5.32 Å². The lowest BCUT2D eigenvalue weighted by molar-refractivity contribution is -0.138. The molecule has 0 bridgehead atoms. The van der Waals surface area contributed by atoms with Gasteiger partial charge in [0.25, 0.3) is 0 Å². The maximum atomic E-state index is 12.5. The average molecular weight is 494 g/mol. The van der Waals surface area contributed by atoms with Crippen LogP contribution in [0.4, 0.5) is 4.79 Å². The molecule has 0 saturated heterocycles. The number of carboxylic acid groups (broad SMARTS) is 1. The number of fused-ring (bicyclic) bond motifs is 3. The lowest BCUT2D eigenvalue weighted by atomic mass is 9.98. The van der Waals surface area contributed by atoms with Gasteiger partial charge in [0.2, 0.25) is 0 Å². The molecule has 2 aromatic carbocycles. The normalized spacial score (nSPS) is 13.8. The molecule has 1 amide bonds. The SMILES string of the molecule is CCOP(=O)(CSC[C@H](NC(=O)OCC1c2ccccc2-c2ccccc21)C(=O)O)OCC. The Bertz CT molecular complexity index is 976. The Kier molecular flexibility index (Phi) is 8.97. The van der Waals surface area contributed by atoms with E-state index >= 15 is 0 Å². The fourth-order valence-corrected chi connectivity index (χ4v) is 6.98. The van der Waals surface area contributed by atoms with Gasteiger partial charge in [-0.1, -0.05) is 48.5 Å². The van der Waals surface area contributed by atoms with Crippen LogP contribution in [0.3, 0.4) is 0 Å². The Morgan fingerprint density at radius 1 is 1.03 bits per heavy atom. The van der Waals surface area contributed by atoms with Crippen LogP contribution in [0.1, 0.15) is 30.9 Å². The molecule has 0 radical (unpaired) electrons. The number of carboxylic acids is 1. The first kappa shape index (κ1) is 25.3. The van der Waals surface area contributed by atoms with Gasteiger partial charge in [0.1, 0.15) is 12.6 Å². The molecule has 1 atom stereocenters. The number of rotatable bonds is 12.